The van der Waals surface area contributed by atoms with Crippen LogP contribution >= 0.6 is 0 Å². The van der Waals surface area contributed by atoms with Gasteiger partial charge in [0.25, 0.3) is 0 Å². The summed E-state index contributed by atoms with van der Waals surface area (Å²) in [4.78, 5) is 7.75. The van der Waals surface area contributed by atoms with Crippen LogP contribution < -0.4 is 10.1 Å². The zero-order chi connectivity index (χ0) is 13.6. The molecule has 1 aromatic heterocycles. The molecule has 1 rings (SSSR count). The van der Waals surface area contributed by atoms with Gasteiger partial charge in [0, 0.05) is 6.54 Å². The quantitative estimate of drug-likeness (QED) is 0.800. The molecule has 1 N–H and O–H groups in total. The number of rotatable bonds is 6. The van der Waals surface area contributed by atoms with E-state index < -0.39 is 12.3 Å². The van der Waals surface area contributed by atoms with Crippen LogP contribution in [-0.2, 0) is 6.54 Å². The number of aromatic nitrogens is 2. The van der Waals surface area contributed by atoms with Crippen molar-refractivity contribution in [1.29, 1.82) is 0 Å². The monoisotopic (exact) mass is 263 g/mol. The Balaban J connectivity index is 2.50. The van der Waals surface area contributed by atoms with E-state index in [1.54, 1.807) is 0 Å². The molecule has 0 radical (unpaired) electrons. The first-order valence-electron chi connectivity index (χ1n) is 5.68. The second-order valence-corrected chi connectivity index (χ2v) is 3.82. The average Bonchev–Trinajstić information content (AvgIpc) is 2.30. The fraction of sp³-hybridized carbons (Fsp3) is 0.636. The molecule has 0 fully saturated rings. The van der Waals surface area contributed by atoms with E-state index in [1.807, 2.05) is 6.92 Å². The van der Waals surface area contributed by atoms with E-state index in [2.05, 4.69) is 20.0 Å². The van der Waals surface area contributed by atoms with Crippen molar-refractivity contribution in [3.63, 3.8) is 0 Å². The number of alkyl halides is 3. The van der Waals surface area contributed by atoms with Gasteiger partial charge in [-0.05, 0) is 19.9 Å². The lowest BCUT2D eigenvalue weighted by Crippen LogP contribution is -2.31. The normalized spacial score (nSPS) is 13.4. The summed E-state index contributed by atoms with van der Waals surface area (Å²) < 4.78 is 41.3. The molecule has 18 heavy (non-hydrogen) atoms. The fourth-order valence-corrected chi connectivity index (χ4v) is 1.14. The van der Waals surface area contributed by atoms with Crippen molar-refractivity contribution in [2.45, 2.75) is 39.1 Å². The van der Waals surface area contributed by atoms with Crippen molar-refractivity contribution in [2.24, 2.45) is 0 Å². The molecule has 1 atom stereocenters. The summed E-state index contributed by atoms with van der Waals surface area (Å²) in [5, 5.41) is 3.11. The van der Waals surface area contributed by atoms with E-state index in [4.69, 9.17) is 0 Å². The lowest BCUT2D eigenvalue weighted by atomic mass is 10.4. The Morgan fingerprint density at radius 3 is 2.56 bits per heavy atom. The van der Waals surface area contributed by atoms with Gasteiger partial charge in [0.15, 0.2) is 6.10 Å². The van der Waals surface area contributed by atoms with Gasteiger partial charge in [0.1, 0.15) is 0 Å². The third-order valence-electron chi connectivity index (χ3n) is 2.17. The summed E-state index contributed by atoms with van der Waals surface area (Å²) in [6, 6.07) is 0. The van der Waals surface area contributed by atoms with Gasteiger partial charge in [-0.25, -0.2) is 4.98 Å². The van der Waals surface area contributed by atoms with E-state index in [0.717, 1.165) is 19.9 Å². The van der Waals surface area contributed by atoms with Crippen LogP contribution in [0.1, 0.15) is 26.0 Å². The first-order chi connectivity index (χ1) is 8.43. The van der Waals surface area contributed by atoms with Gasteiger partial charge in [0.2, 0.25) is 5.88 Å². The van der Waals surface area contributed by atoms with Gasteiger partial charge in [0.05, 0.1) is 18.1 Å². The Morgan fingerprint density at radius 2 is 2.06 bits per heavy atom. The molecule has 0 aliphatic carbocycles. The number of hydrogen-bond donors (Lipinski definition) is 1. The van der Waals surface area contributed by atoms with Crippen LogP contribution in [0.2, 0.25) is 0 Å². The van der Waals surface area contributed by atoms with Crippen molar-refractivity contribution in [2.75, 3.05) is 6.54 Å². The molecule has 4 nitrogen and oxygen atoms in total. The van der Waals surface area contributed by atoms with Gasteiger partial charge < -0.3 is 10.1 Å². The summed E-state index contributed by atoms with van der Waals surface area (Å²) in [5.41, 5.74) is 0.662. The predicted molar refractivity (Wildman–Crippen MR) is 60.2 cm³/mol. The van der Waals surface area contributed by atoms with E-state index in [0.29, 0.717) is 12.2 Å². The molecule has 0 saturated heterocycles. The van der Waals surface area contributed by atoms with Crippen molar-refractivity contribution in [3.05, 3.63) is 18.1 Å². The number of nitrogens with one attached hydrogen (secondary N) is 1. The Kier molecular flexibility index (Phi) is 5.33. The van der Waals surface area contributed by atoms with Gasteiger partial charge in [-0.1, -0.05) is 6.92 Å². The molecule has 1 heterocycles. The van der Waals surface area contributed by atoms with E-state index >= 15 is 0 Å². The van der Waals surface area contributed by atoms with Crippen molar-refractivity contribution >= 4 is 0 Å². The number of ether oxygens (including phenoxy) is 1. The molecule has 0 bridgehead atoms. The Morgan fingerprint density at radius 1 is 1.33 bits per heavy atom. The summed E-state index contributed by atoms with van der Waals surface area (Å²) in [6.45, 7) is 4.35. The molecule has 0 aromatic carbocycles. The second kappa shape index (κ2) is 6.53. The van der Waals surface area contributed by atoms with E-state index in [-0.39, 0.29) is 5.88 Å². The zero-order valence-corrected chi connectivity index (χ0v) is 10.3. The summed E-state index contributed by atoms with van der Waals surface area (Å²) in [6.07, 6.45) is -2.69. The lowest BCUT2D eigenvalue weighted by molar-refractivity contribution is -0.190. The van der Waals surface area contributed by atoms with Gasteiger partial charge >= 0.3 is 6.18 Å². The van der Waals surface area contributed by atoms with Crippen molar-refractivity contribution in [1.82, 2.24) is 15.3 Å². The van der Waals surface area contributed by atoms with Gasteiger partial charge in [-0.2, -0.15) is 13.2 Å². The molecule has 102 valence electrons. The fourth-order valence-electron chi connectivity index (χ4n) is 1.14. The number of hydrogen-bond acceptors (Lipinski definition) is 4. The summed E-state index contributed by atoms with van der Waals surface area (Å²) >= 11 is 0. The highest BCUT2D eigenvalue weighted by atomic mass is 19.4. The molecule has 7 heteroatoms. The van der Waals surface area contributed by atoms with Gasteiger partial charge in [-0.3, -0.25) is 4.98 Å². The first kappa shape index (κ1) is 14.7. The minimum absolute atomic E-state index is 0.126. The molecule has 0 aliphatic rings. The third kappa shape index (κ3) is 4.87. The predicted octanol–water partition coefficient (Wildman–Crippen LogP) is 2.31. The molecule has 0 spiro atoms. The maximum Gasteiger partial charge on any atom is 0.425 e. The lowest BCUT2D eigenvalue weighted by Gasteiger charge is -2.16. The molecule has 0 amide bonds. The highest BCUT2D eigenvalue weighted by molar-refractivity contribution is 5.07. The molecular weight excluding hydrogens is 247 g/mol. The molecular formula is C11H16F3N3O. The molecule has 1 aromatic rings. The summed E-state index contributed by atoms with van der Waals surface area (Å²) in [5.74, 6) is -0.126. The zero-order valence-electron chi connectivity index (χ0n) is 10.3. The van der Waals surface area contributed by atoms with Crippen molar-refractivity contribution in [3.8, 4) is 5.88 Å². The highest BCUT2D eigenvalue weighted by Crippen LogP contribution is 2.23. The minimum Gasteiger partial charge on any atom is -0.464 e. The van der Waals surface area contributed by atoms with Crippen LogP contribution in [0.5, 0.6) is 5.88 Å². The second-order valence-electron chi connectivity index (χ2n) is 3.82. The van der Waals surface area contributed by atoms with Crippen LogP contribution in [0.3, 0.4) is 0 Å². The Bertz CT molecular complexity index is 354. The summed E-state index contributed by atoms with van der Waals surface area (Å²) in [7, 11) is 0. The van der Waals surface area contributed by atoms with Crippen LogP contribution in [0.15, 0.2) is 12.4 Å². The van der Waals surface area contributed by atoms with E-state index in [1.165, 1.54) is 12.4 Å². The standard InChI is InChI=1S/C11H16F3N3O/c1-3-4-15-5-9-6-17-10(7-16-9)18-8(2)11(12,13)14/h6-8,15H,3-5H2,1-2H3. The average molecular weight is 263 g/mol. The number of nitrogens with zero attached hydrogens (tertiary/aromatic N) is 2. The minimum atomic E-state index is -4.40. The first-order valence-corrected chi connectivity index (χ1v) is 5.68. The van der Waals surface area contributed by atoms with Crippen LogP contribution in [0.4, 0.5) is 13.2 Å². The van der Waals surface area contributed by atoms with Crippen molar-refractivity contribution < 1.29 is 17.9 Å². The Hall–Kier alpha value is -1.37. The maximum absolute atomic E-state index is 12.2. The SMILES string of the molecule is CCCNCc1cnc(OC(C)C(F)(F)F)cn1. The highest BCUT2D eigenvalue weighted by Gasteiger charge is 2.38. The van der Waals surface area contributed by atoms with Gasteiger partial charge in [-0.15, -0.1) is 0 Å². The largest absolute Gasteiger partial charge is 0.464 e. The van der Waals surface area contributed by atoms with Crippen LogP contribution in [0.25, 0.3) is 0 Å². The number of halogens is 3. The molecule has 0 aliphatic heterocycles. The van der Waals surface area contributed by atoms with Crippen LogP contribution in [0, 0.1) is 0 Å². The Labute approximate surface area is 104 Å². The maximum atomic E-state index is 12.2. The molecule has 0 saturated carbocycles. The third-order valence-corrected chi connectivity index (χ3v) is 2.17. The molecule has 1 unspecified atom stereocenters. The topological polar surface area (TPSA) is 47.0 Å². The smallest absolute Gasteiger partial charge is 0.425 e. The van der Waals surface area contributed by atoms with E-state index in [9.17, 15) is 13.2 Å². The van der Waals surface area contributed by atoms with Crippen LogP contribution in [-0.4, -0.2) is 28.8 Å².